The molecule has 38 heavy (non-hydrogen) atoms. The van der Waals surface area contributed by atoms with E-state index in [1.54, 1.807) is 11.3 Å². The highest BCUT2D eigenvalue weighted by atomic mass is 32.1. The van der Waals surface area contributed by atoms with Crippen LogP contribution in [-0.2, 0) is 27.4 Å². The summed E-state index contributed by atoms with van der Waals surface area (Å²) >= 11 is 1.78. The third kappa shape index (κ3) is 16.0. The van der Waals surface area contributed by atoms with Gasteiger partial charge in [0.15, 0.2) is 12.7 Å². The molecule has 0 radical (unpaired) electrons. The van der Waals surface area contributed by atoms with E-state index < -0.39 is 0 Å². The SMILES string of the molecule is CCCCCCCCCCCCCCCCOCC(COCc1ccccc1C[n+]1csc(C)c1)OCC. The molecule has 2 rings (SSSR count). The van der Waals surface area contributed by atoms with Crippen LogP contribution >= 0.6 is 11.3 Å². The molecule has 1 atom stereocenters. The first-order chi connectivity index (χ1) is 18.7. The molecule has 1 heterocycles. The number of hydrogen-bond acceptors (Lipinski definition) is 4. The van der Waals surface area contributed by atoms with Crippen LogP contribution in [0, 0.1) is 6.92 Å². The molecule has 2 aromatic rings. The second kappa shape index (κ2) is 22.5. The fourth-order valence-corrected chi connectivity index (χ4v) is 5.50. The van der Waals surface area contributed by atoms with E-state index in [-0.39, 0.29) is 6.10 Å². The molecule has 1 aromatic carbocycles. The summed E-state index contributed by atoms with van der Waals surface area (Å²) in [5.41, 5.74) is 4.72. The van der Waals surface area contributed by atoms with Crippen LogP contribution in [0.3, 0.4) is 0 Å². The first kappa shape index (κ1) is 32.9. The molecule has 0 N–H and O–H groups in total. The van der Waals surface area contributed by atoms with E-state index in [9.17, 15) is 0 Å². The number of rotatable bonds is 25. The molecular weight excluding hydrogens is 490 g/mol. The maximum atomic E-state index is 6.09. The molecule has 0 bridgehead atoms. The second-order valence-electron chi connectivity index (χ2n) is 10.7. The van der Waals surface area contributed by atoms with Gasteiger partial charge in [-0.15, -0.1) is 0 Å². The summed E-state index contributed by atoms with van der Waals surface area (Å²) in [6, 6.07) is 8.55. The minimum Gasteiger partial charge on any atom is -0.379 e. The summed E-state index contributed by atoms with van der Waals surface area (Å²) in [5, 5.41) is 0. The Kier molecular flexibility index (Phi) is 19.5. The number of unbranched alkanes of at least 4 members (excludes halogenated alkanes) is 13. The van der Waals surface area contributed by atoms with Gasteiger partial charge in [-0.25, -0.2) is 0 Å². The molecule has 216 valence electrons. The third-order valence-electron chi connectivity index (χ3n) is 7.10. The summed E-state index contributed by atoms with van der Waals surface area (Å²) in [6.07, 6.45) is 21.5. The molecule has 1 unspecified atom stereocenters. The second-order valence-corrected chi connectivity index (χ2v) is 11.8. The molecule has 5 heteroatoms. The molecule has 0 spiro atoms. The number of aryl methyl sites for hydroxylation is 1. The van der Waals surface area contributed by atoms with Gasteiger partial charge in [0, 0.05) is 18.8 Å². The van der Waals surface area contributed by atoms with Crippen LogP contribution < -0.4 is 4.57 Å². The highest BCUT2D eigenvalue weighted by Gasteiger charge is 2.12. The largest absolute Gasteiger partial charge is 0.379 e. The minimum atomic E-state index is -0.00675. The van der Waals surface area contributed by atoms with Crippen LogP contribution in [0.1, 0.15) is 120 Å². The van der Waals surface area contributed by atoms with Crippen LogP contribution in [0.15, 0.2) is 36.0 Å². The highest BCUT2D eigenvalue weighted by Crippen LogP contribution is 2.14. The van der Waals surface area contributed by atoms with Gasteiger partial charge in [-0.05, 0) is 25.8 Å². The zero-order chi connectivity index (χ0) is 27.1. The molecule has 0 aliphatic carbocycles. The Morgan fingerprint density at radius 3 is 1.89 bits per heavy atom. The van der Waals surface area contributed by atoms with Gasteiger partial charge in [0.2, 0.25) is 5.51 Å². The summed E-state index contributed by atoms with van der Waals surface area (Å²) < 4.78 is 20.2. The van der Waals surface area contributed by atoms with Gasteiger partial charge in [0.1, 0.15) is 6.10 Å². The van der Waals surface area contributed by atoms with Crippen LogP contribution in [0.2, 0.25) is 0 Å². The summed E-state index contributed by atoms with van der Waals surface area (Å²) in [6.45, 7) is 10.6. The van der Waals surface area contributed by atoms with E-state index in [1.807, 2.05) is 6.92 Å². The lowest BCUT2D eigenvalue weighted by Gasteiger charge is -2.18. The molecule has 0 aliphatic rings. The smallest absolute Gasteiger partial charge is 0.225 e. The Balaban J connectivity index is 1.48. The number of ether oxygens (including phenoxy) is 3. The zero-order valence-electron chi connectivity index (χ0n) is 24.8. The number of aromatic nitrogens is 1. The van der Waals surface area contributed by atoms with Crippen molar-refractivity contribution < 1.29 is 18.8 Å². The van der Waals surface area contributed by atoms with Crippen LogP contribution in [-0.4, -0.2) is 32.5 Å². The van der Waals surface area contributed by atoms with Gasteiger partial charge in [-0.2, -0.15) is 4.57 Å². The van der Waals surface area contributed by atoms with E-state index in [0.29, 0.717) is 26.4 Å². The normalized spacial score (nSPS) is 12.3. The van der Waals surface area contributed by atoms with Crippen molar-refractivity contribution in [1.82, 2.24) is 0 Å². The fourth-order valence-electron chi connectivity index (χ4n) is 4.87. The molecule has 1 aromatic heterocycles. The standard InChI is InChI=1S/C33H56NO3S/c1-4-6-7-8-9-10-11-12-13-14-15-16-17-20-23-35-27-33(37-5-2)28-36-26-32-22-19-18-21-31(32)25-34-24-30(3)38-29-34/h18-19,21-22,24,29,33H,4-17,20,23,25-28H2,1-3H3/q+1. The van der Waals surface area contributed by atoms with Crippen molar-refractivity contribution >= 4 is 11.3 Å². The van der Waals surface area contributed by atoms with E-state index in [2.05, 4.69) is 54.4 Å². The molecule has 0 saturated heterocycles. The van der Waals surface area contributed by atoms with Crippen molar-refractivity contribution in [3.05, 3.63) is 52.0 Å². The first-order valence-electron chi connectivity index (χ1n) is 15.5. The summed E-state index contributed by atoms with van der Waals surface area (Å²) in [7, 11) is 0. The third-order valence-corrected chi connectivity index (χ3v) is 7.96. The van der Waals surface area contributed by atoms with Crippen LogP contribution in [0.5, 0.6) is 0 Å². The van der Waals surface area contributed by atoms with E-state index in [0.717, 1.165) is 19.6 Å². The maximum Gasteiger partial charge on any atom is 0.225 e. The fraction of sp³-hybridized carbons (Fsp3) is 0.727. The topological polar surface area (TPSA) is 31.6 Å². The van der Waals surface area contributed by atoms with Gasteiger partial charge >= 0.3 is 0 Å². The first-order valence-corrected chi connectivity index (χ1v) is 16.4. The van der Waals surface area contributed by atoms with Crippen LogP contribution in [0.4, 0.5) is 0 Å². The average Bonchev–Trinajstić information content (AvgIpc) is 3.33. The van der Waals surface area contributed by atoms with E-state index in [1.165, 1.54) is 99.5 Å². The molecule has 0 saturated carbocycles. The molecule has 0 aliphatic heterocycles. The van der Waals surface area contributed by atoms with Crippen molar-refractivity contribution in [3.8, 4) is 0 Å². The monoisotopic (exact) mass is 546 g/mol. The van der Waals surface area contributed by atoms with Crippen molar-refractivity contribution in [3.63, 3.8) is 0 Å². The maximum absolute atomic E-state index is 6.09. The molecular formula is C33H56NO3S+. The molecule has 0 fully saturated rings. The Bertz CT molecular complexity index is 809. The number of thiazole rings is 1. The van der Waals surface area contributed by atoms with Crippen molar-refractivity contribution in [2.24, 2.45) is 0 Å². The number of nitrogens with zero attached hydrogens (tertiary/aromatic N) is 1. The highest BCUT2D eigenvalue weighted by molar-refractivity contribution is 7.09. The number of hydrogen-bond donors (Lipinski definition) is 0. The van der Waals surface area contributed by atoms with Crippen molar-refractivity contribution in [1.29, 1.82) is 0 Å². The lowest BCUT2D eigenvalue weighted by Crippen LogP contribution is -2.31. The summed E-state index contributed by atoms with van der Waals surface area (Å²) in [5.74, 6) is 0. The molecule has 0 amide bonds. The Morgan fingerprint density at radius 1 is 0.737 bits per heavy atom. The predicted molar refractivity (Wildman–Crippen MR) is 161 cm³/mol. The Morgan fingerprint density at radius 2 is 1.32 bits per heavy atom. The molecule has 4 nitrogen and oxygen atoms in total. The quantitative estimate of drug-likeness (QED) is 0.0921. The van der Waals surface area contributed by atoms with Gasteiger partial charge in [-0.3, -0.25) is 0 Å². The van der Waals surface area contributed by atoms with Gasteiger partial charge in [0.05, 0.1) is 24.7 Å². The lowest BCUT2D eigenvalue weighted by atomic mass is 10.0. The zero-order valence-corrected chi connectivity index (χ0v) is 25.6. The van der Waals surface area contributed by atoms with Crippen molar-refractivity contribution in [2.75, 3.05) is 26.4 Å². The predicted octanol–water partition coefficient (Wildman–Crippen LogP) is 8.81. The Hall–Kier alpha value is -1.27. The minimum absolute atomic E-state index is 0.00675. The van der Waals surface area contributed by atoms with Crippen molar-refractivity contribution in [2.45, 2.75) is 130 Å². The van der Waals surface area contributed by atoms with Gasteiger partial charge in [-0.1, -0.05) is 126 Å². The van der Waals surface area contributed by atoms with Gasteiger partial charge in [0.25, 0.3) is 0 Å². The average molecular weight is 547 g/mol. The lowest BCUT2D eigenvalue weighted by molar-refractivity contribution is -0.683. The summed E-state index contributed by atoms with van der Waals surface area (Å²) in [4.78, 5) is 1.33. The van der Waals surface area contributed by atoms with Gasteiger partial charge < -0.3 is 14.2 Å². The van der Waals surface area contributed by atoms with E-state index >= 15 is 0 Å². The Labute approximate surface area is 238 Å². The number of benzene rings is 1. The van der Waals surface area contributed by atoms with E-state index in [4.69, 9.17) is 14.2 Å². The van der Waals surface area contributed by atoms with Crippen LogP contribution in [0.25, 0.3) is 0 Å².